The van der Waals surface area contributed by atoms with Crippen LogP contribution in [0.25, 0.3) is 0 Å². The minimum Gasteiger partial charge on any atom is -0.477 e. The van der Waals surface area contributed by atoms with Gasteiger partial charge >= 0.3 is 12.1 Å². The van der Waals surface area contributed by atoms with Gasteiger partial charge in [-0.25, -0.2) is 24.5 Å². The molecule has 3 rings (SSSR count). The third kappa shape index (κ3) is 5.63. The van der Waals surface area contributed by atoms with Crippen LogP contribution >= 0.6 is 11.3 Å². The highest BCUT2D eigenvalue weighted by atomic mass is 32.1. The van der Waals surface area contributed by atoms with Gasteiger partial charge in [0.1, 0.15) is 22.1 Å². The first-order chi connectivity index (χ1) is 13.6. The normalized spacial score (nSPS) is 15.2. The van der Waals surface area contributed by atoms with Crippen LogP contribution in [0.5, 0.6) is 0 Å². The first-order valence-corrected chi connectivity index (χ1v) is 10.2. The summed E-state index contributed by atoms with van der Waals surface area (Å²) in [5.41, 5.74) is 0.396. The minimum absolute atomic E-state index is 0.160. The third-order valence-corrected chi connectivity index (χ3v) is 5.27. The second-order valence-electron chi connectivity index (χ2n) is 7.93. The van der Waals surface area contributed by atoms with E-state index in [-0.39, 0.29) is 16.9 Å². The number of likely N-dealkylation sites (tertiary alicyclic amines) is 1. The molecule has 1 amide bonds. The number of carbonyl (C=O) groups excluding carboxylic acids is 1. The molecule has 1 saturated heterocycles. The highest BCUT2D eigenvalue weighted by molar-refractivity contribution is 7.17. The first-order valence-electron chi connectivity index (χ1n) is 9.40. The highest BCUT2D eigenvalue weighted by Crippen LogP contribution is 2.30. The van der Waals surface area contributed by atoms with Crippen molar-refractivity contribution < 1.29 is 19.4 Å². The Hall–Kier alpha value is -2.75. The van der Waals surface area contributed by atoms with Crippen LogP contribution in [0.4, 0.5) is 15.7 Å². The van der Waals surface area contributed by atoms with Gasteiger partial charge in [0.15, 0.2) is 5.13 Å². The number of aromatic carboxylic acids is 1. The molecule has 1 aliphatic heterocycles. The van der Waals surface area contributed by atoms with Gasteiger partial charge in [0.25, 0.3) is 0 Å². The van der Waals surface area contributed by atoms with E-state index in [2.05, 4.69) is 20.3 Å². The lowest BCUT2D eigenvalue weighted by Gasteiger charge is -2.33. The van der Waals surface area contributed by atoms with Gasteiger partial charge in [0, 0.05) is 30.8 Å². The number of nitrogens with zero attached hydrogens (tertiary/aromatic N) is 4. The molecule has 29 heavy (non-hydrogen) atoms. The number of nitrogens with one attached hydrogen (secondary N) is 1. The Balaban J connectivity index is 1.66. The Labute approximate surface area is 173 Å². The van der Waals surface area contributed by atoms with E-state index in [1.54, 1.807) is 4.90 Å². The van der Waals surface area contributed by atoms with Crippen LogP contribution < -0.4 is 5.32 Å². The van der Waals surface area contributed by atoms with Gasteiger partial charge in [0.2, 0.25) is 0 Å². The van der Waals surface area contributed by atoms with Crippen LogP contribution in [0.3, 0.4) is 0 Å². The average Bonchev–Trinajstić information content (AvgIpc) is 3.09. The van der Waals surface area contributed by atoms with Crippen molar-refractivity contribution in [3.8, 4) is 0 Å². The Bertz CT molecular complexity index is 900. The Morgan fingerprint density at radius 1 is 1.28 bits per heavy atom. The van der Waals surface area contributed by atoms with E-state index in [1.807, 2.05) is 33.8 Å². The maximum absolute atomic E-state index is 12.2. The zero-order chi connectivity index (χ0) is 21.2. The van der Waals surface area contributed by atoms with Gasteiger partial charge in [-0.05, 0) is 40.5 Å². The second kappa shape index (κ2) is 8.32. The molecule has 156 valence electrons. The number of carbonyl (C=O) groups is 2. The first kappa shape index (κ1) is 21.0. The summed E-state index contributed by atoms with van der Waals surface area (Å²) in [6, 6.07) is 1.86. The Morgan fingerprint density at radius 2 is 1.97 bits per heavy atom. The van der Waals surface area contributed by atoms with Crippen molar-refractivity contribution >= 4 is 34.3 Å². The number of thiazole rings is 1. The van der Waals surface area contributed by atoms with E-state index in [9.17, 15) is 9.59 Å². The quantitative estimate of drug-likeness (QED) is 0.768. The molecule has 9 nitrogen and oxygen atoms in total. The summed E-state index contributed by atoms with van der Waals surface area (Å²) >= 11 is 1.05. The lowest BCUT2D eigenvalue weighted by atomic mass is 9.93. The zero-order valence-corrected chi connectivity index (χ0v) is 17.7. The van der Waals surface area contributed by atoms with Crippen molar-refractivity contribution in [3.05, 3.63) is 28.7 Å². The van der Waals surface area contributed by atoms with Gasteiger partial charge in [0.05, 0.1) is 6.20 Å². The SMILES string of the molecule is Cc1nc(Nc2ncc(C(=O)O)s2)cc(C2CCN(C(=O)OC(C)(C)C)CC2)n1. The number of aryl methyl sites for hydroxylation is 1. The van der Waals surface area contributed by atoms with E-state index in [1.165, 1.54) is 6.20 Å². The molecule has 1 fully saturated rings. The number of piperidine rings is 1. The molecule has 0 aromatic carbocycles. The van der Waals surface area contributed by atoms with E-state index in [0.717, 1.165) is 29.9 Å². The molecule has 2 N–H and O–H groups in total. The predicted molar refractivity (Wildman–Crippen MR) is 109 cm³/mol. The van der Waals surface area contributed by atoms with Crippen LogP contribution in [0, 0.1) is 6.92 Å². The van der Waals surface area contributed by atoms with Crippen molar-refractivity contribution in [2.24, 2.45) is 0 Å². The minimum atomic E-state index is -1.01. The number of anilines is 2. The van der Waals surface area contributed by atoms with Crippen molar-refractivity contribution in [2.45, 2.75) is 52.1 Å². The Kier molecular flexibility index (Phi) is 6.02. The van der Waals surface area contributed by atoms with Crippen molar-refractivity contribution in [1.82, 2.24) is 19.9 Å². The van der Waals surface area contributed by atoms with Gasteiger partial charge in [-0.1, -0.05) is 11.3 Å². The zero-order valence-electron chi connectivity index (χ0n) is 16.9. The summed E-state index contributed by atoms with van der Waals surface area (Å²) in [6.07, 6.45) is 2.61. The molecule has 0 atom stereocenters. The molecule has 2 aromatic rings. The van der Waals surface area contributed by atoms with Crippen LogP contribution in [-0.4, -0.2) is 55.7 Å². The van der Waals surface area contributed by atoms with Gasteiger partial charge in [-0.2, -0.15) is 0 Å². The summed E-state index contributed by atoms with van der Waals surface area (Å²) < 4.78 is 5.45. The monoisotopic (exact) mass is 419 g/mol. The number of ether oxygens (including phenoxy) is 1. The van der Waals surface area contributed by atoms with E-state index < -0.39 is 11.6 Å². The Morgan fingerprint density at radius 3 is 2.55 bits per heavy atom. The lowest BCUT2D eigenvalue weighted by Crippen LogP contribution is -2.41. The van der Waals surface area contributed by atoms with Crippen molar-refractivity contribution in [3.63, 3.8) is 0 Å². The summed E-state index contributed by atoms with van der Waals surface area (Å²) in [5.74, 6) is 0.400. The fourth-order valence-electron chi connectivity index (χ4n) is 3.09. The molecule has 0 saturated carbocycles. The molecule has 0 aliphatic carbocycles. The fraction of sp³-hybridized carbons (Fsp3) is 0.526. The summed E-state index contributed by atoms with van der Waals surface area (Å²) in [7, 11) is 0. The number of amides is 1. The number of hydrogen-bond acceptors (Lipinski definition) is 8. The summed E-state index contributed by atoms with van der Waals surface area (Å²) in [4.78, 5) is 38.2. The molecule has 0 bridgehead atoms. The average molecular weight is 420 g/mol. The molecule has 0 unspecified atom stereocenters. The van der Waals surface area contributed by atoms with E-state index >= 15 is 0 Å². The molecule has 1 aliphatic rings. The van der Waals surface area contributed by atoms with E-state index in [0.29, 0.717) is 29.9 Å². The van der Waals surface area contributed by atoms with Crippen molar-refractivity contribution in [2.75, 3.05) is 18.4 Å². The van der Waals surface area contributed by atoms with Crippen LogP contribution in [0.1, 0.15) is 60.7 Å². The molecule has 3 heterocycles. The van der Waals surface area contributed by atoms with Crippen LogP contribution in [0.15, 0.2) is 12.3 Å². The van der Waals surface area contributed by atoms with Gasteiger partial charge < -0.3 is 20.1 Å². The molecular weight excluding hydrogens is 394 g/mol. The van der Waals surface area contributed by atoms with Crippen LogP contribution in [0.2, 0.25) is 0 Å². The van der Waals surface area contributed by atoms with Gasteiger partial charge in [-0.3, -0.25) is 0 Å². The molecule has 10 heteroatoms. The maximum atomic E-state index is 12.2. The predicted octanol–water partition coefficient (Wildman–Crippen LogP) is 3.80. The van der Waals surface area contributed by atoms with E-state index in [4.69, 9.17) is 9.84 Å². The van der Waals surface area contributed by atoms with Crippen molar-refractivity contribution in [1.29, 1.82) is 0 Å². The third-order valence-electron chi connectivity index (χ3n) is 4.37. The summed E-state index contributed by atoms with van der Waals surface area (Å²) in [6.45, 7) is 8.61. The van der Waals surface area contributed by atoms with Gasteiger partial charge in [-0.15, -0.1) is 0 Å². The highest BCUT2D eigenvalue weighted by Gasteiger charge is 2.28. The standard InChI is InChI=1S/C19H25N5O4S/c1-11-21-13(9-15(22-11)23-17-20-10-14(29-17)16(25)26)12-5-7-24(8-6-12)18(27)28-19(2,3)4/h9-10,12H,5-8H2,1-4H3,(H,25,26)(H,20,21,22,23). The lowest BCUT2D eigenvalue weighted by molar-refractivity contribution is 0.0203. The number of rotatable bonds is 4. The topological polar surface area (TPSA) is 118 Å². The molecule has 0 radical (unpaired) electrons. The van der Waals surface area contributed by atoms with Crippen LogP contribution in [-0.2, 0) is 4.74 Å². The number of carboxylic acid groups (broad SMARTS) is 1. The second-order valence-corrected chi connectivity index (χ2v) is 8.96. The molecule has 0 spiro atoms. The number of aromatic nitrogens is 3. The molecule has 2 aromatic heterocycles. The summed E-state index contributed by atoms with van der Waals surface area (Å²) in [5, 5.41) is 12.6. The largest absolute Gasteiger partial charge is 0.477 e. The maximum Gasteiger partial charge on any atom is 0.410 e. The number of hydrogen-bond donors (Lipinski definition) is 2. The molecular formula is C19H25N5O4S. The smallest absolute Gasteiger partial charge is 0.410 e. The number of carboxylic acids is 1. The fourth-order valence-corrected chi connectivity index (χ4v) is 3.75.